The Balaban J connectivity index is 2.66. The quantitative estimate of drug-likeness (QED) is 0.525. The molecule has 0 amide bonds. The number of carbonyl (C=O) groups is 1. The zero-order chi connectivity index (χ0) is 10.1. The summed E-state index contributed by atoms with van der Waals surface area (Å²) in [5.41, 5.74) is 0. The molecule has 0 aromatic carbocycles. The Kier molecular flexibility index (Phi) is 1.52. The van der Waals surface area contributed by atoms with Crippen molar-refractivity contribution < 1.29 is 14.0 Å². The van der Waals surface area contributed by atoms with E-state index >= 15 is 0 Å². The molecule has 1 atom stereocenters. The fourth-order valence-corrected chi connectivity index (χ4v) is 0.761. The van der Waals surface area contributed by atoms with E-state index in [2.05, 4.69) is 5.32 Å². The van der Waals surface area contributed by atoms with Crippen LogP contribution in [0.2, 0.25) is 0 Å². The van der Waals surface area contributed by atoms with E-state index in [-0.39, 0.29) is 6.54 Å². The van der Waals surface area contributed by atoms with Crippen molar-refractivity contribution in [3.8, 4) is 0 Å². The normalized spacial score (nSPS) is 37.6. The Labute approximate surface area is 64.0 Å². The third-order valence-electron chi connectivity index (χ3n) is 1.20. The van der Waals surface area contributed by atoms with Crippen LogP contribution in [0.3, 0.4) is 0 Å². The topological polar surface area (TPSA) is 52.6 Å². The monoisotopic (exact) mass is 147 g/mol. The number of carboxylic acids is 1. The minimum absolute atomic E-state index is 0.314. The second-order valence-corrected chi connectivity index (χ2v) is 2.04. The Morgan fingerprint density at radius 1 is 1.90 bits per heavy atom. The van der Waals surface area contributed by atoms with Crippen molar-refractivity contribution in [2.75, 3.05) is 32.7 Å². The maximum absolute atomic E-state index is 10.4. The molecule has 1 aliphatic rings. The van der Waals surface area contributed by atoms with Gasteiger partial charge in [0.2, 0.25) is 0 Å². The van der Waals surface area contributed by atoms with Crippen LogP contribution in [0.1, 0.15) is 4.11 Å². The molecule has 2 N–H and O–H groups in total. The Morgan fingerprint density at radius 3 is 3.40 bits per heavy atom. The molecule has 0 aromatic heterocycles. The predicted molar refractivity (Wildman–Crippen MR) is 36.9 cm³/mol. The molecule has 58 valence electrons. The molecule has 4 nitrogen and oxygen atoms in total. The second kappa shape index (κ2) is 3.53. The first-order valence-corrected chi connectivity index (χ1v) is 3.07. The summed E-state index contributed by atoms with van der Waals surface area (Å²) < 4.78 is 22.3. The molecule has 1 rings (SSSR count). The minimum atomic E-state index is -1.91. The van der Waals surface area contributed by atoms with Gasteiger partial charge < -0.3 is 10.4 Å². The van der Waals surface area contributed by atoms with E-state index in [0.717, 1.165) is 4.90 Å². The Bertz CT molecular complexity index is 212. The van der Waals surface area contributed by atoms with Gasteiger partial charge in [0.05, 0.1) is 6.54 Å². The van der Waals surface area contributed by atoms with Gasteiger partial charge in [0, 0.05) is 30.2 Å². The van der Waals surface area contributed by atoms with E-state index in [4.69, 9.17) is 9.22 Å². The van der Waals surface area contributed by atoms with Crippen LogP contribution in [0.5, 0.6) is 0 Å². The van der Waals surface area contributed by atoms with Crippen LogP contribution >= 0.6 is 0 Å². The number of piperazine rings is 1. The SMILES string of the molecule is [2H]C1NCCN(CC(=O)O)C1([2H])[2H]. The molecule has 1 saturated heterocycles. The highest BCUT2D eigenvalue weighted by atomic mass is 16.4. The molecule has 4 heteroatoms. The molecular formula is C6H12N2O2. The maximum Gasteiger partial charge on any atom is 0.317 e. The fourth-order valence-electron chi connectivity index (χ4n) is 0.761. The third-order valence-corrected chi connectivity index (χ3v) is 1.20. The van der Waals surface area contributed by atoms with E-state index in [1.54, 1.807) is 0 Å². The van der Waals surface area contributed by atoms with Crippen LogP contribution in [0.15, 0.2) is 0 Å². The summed E-state index contributed by atoms with van der Waals surface area (Å²) in [4.78, 5) is 11.5. The summed E-state index contributed by atoms with van der Waals surface area (Å²) >= 11 is 0. The maximum atomic E-state index is 10.4. The van der Waals surface area contributed by atoms with Crippen molar-refractivity contribution in [3.05, 3.63) is 0 Å². The van der Waals surface area contributed by atoms with E-state index in [9.17, 15) is 4.79 Å². The van der Waals surface area contributed by atoms with Crippen LogP contribution in [0.25, 0.3) is 0 Å². The highest BCUT2D eigenvalue weighted by molar-refractivity contribution is 5.69. The average Bonchev–Trinajstić information content (AvgIpc) is 1.99. The smallest absolute Gasteiger partial charge is 0.317 e. The van der Waals surface area contributed by atoms with Crippen molar-refractivity contribution in [1.82, 2.24) is 10.2 Å². The summed E-state index contributed by atoms with van der Waals surface area (Å²) in [6.45, 7) is -2.59. The first kappa shape index (κ1) is 4.31. The van der Waals surface area contributed by atoms with Crippen molar-refractivity contribution in [2.45, 2.75) is 0 Å². The van der Waals surface area contributed by atoms with Gasteiger partial charge in [-0.1, -0.05) is 0 Å². The molecule has 0 bridgehead atoms. The van der Waals surface area contributed by atoms with Gasteiger partial charge in [-0.2, -0.15) is 0 Å². The first-order valence-electron chi connectivity index (χ1n) is 4.65. The molecule has 0 aliphatic carbocycles. The lowest BCUT2D eigenvalue weighted by Gasteiger charge is -2.25. The van der Waals surface area contributed by atoms with Crippen LogP contribution in [-0.4, -0.2) is 48.6 Å². The predicted octanol–water partition coefficient (Wildman–Crippen LogP) is -1.02. The molecule has 0 saturated carbocycles. The highest BCUT2D eigenvalue weighted by Crippen LogP contribution is 1.89. The standard InChI is InChI=1S/C6H12N2O2/c9-6(10)5-8-3-1-7-2-4-8/h7H,1-5H2,(H,9,10)/i1D,3D2. The van der Waals surface area contributed by atoms with Crippen molar-refractivity contribution >= 4 is 5.97 Å². The van der Waals surface area contributed by atoms with Gasteiger partial charge in [-0.25, -0.2) is 0 Å². The van der Waals surface area contributed by atoms with Gasteiger partial charge in [0.15, 0.2) is 0 Å². The summed E-state index contributed by atoms with van der Waals surface area (Å²) in [6, 6.07) is 0. The first-order chi connectivity index (χ1) is 5.94. The lowest BCUT2D eigenvalue weighted by atomic mass is 10.3. The highest BCUT2D eigenvalue weighted by Gasteiger charge is 2.11. The van der Waals surface area contributed by atoms with Gasteiger partial charge in [-0.3, -0.25) is 9.69 Å². The molecular weight excluding hydrogens is 132 g/mol. The summed E-state index contributed by atoms with van der Waals surface area (Å²) in [5, 5.41) is 11.1. The Hall–Kier alpha value is -0.610. The number of hydrogen-bond acceptors (Lipinski definition) is 3. The third kappa shape index (κ3) is 2.33. The lowest BCUT2D eigenvalue weighted by Crippen LogP contribution is -2.45. The Morgan fingerprint density at radius 2 is 2.70 bits per heavy atom. The van der Waals surface area contributed by atoms with E-state index in [1.165, 1.54) is 0 Å². The number of hydrogen-bond donors (Lipinski definition) is 2. The average molecular weight is 147 g/mol. The molecule has 10 heavy (non-hydrogen) atoms. The van der Waals surface area contributed by atoms with Crippen LogP contribution in [0, 0.1) is 0 Å². The van der Waals surface area contributed by atoms with Crippen LogP contribution in [-0.2, 0) is 4.79 Å². The van der Waals surface area contributed by atoms with Crippen LogP contribution in [0.4, 0.5) is 0 Å². The van der Waals surface area contributed by atoms with Gasteiger partial charge in [-0.15, -0.1) is 0 Å². The van der Waals surface area contributed by atoms with E-state index in [1.807, 2.05) is 0 Å². The van der Waals surface area contributed by atoms with Gasteiger partial charge in [0.25, 0.3) is 0 Å². The molecule has 1 fully saturated rings. The lowest BCUT2D eigenvalue weighted by molar-refractivity contribution is -0.138. The van der Waals surface area contributed by atoms with Gasteiger partial charge in [0.1, 0.15) is 0 Å². The minimum Gasteiger partial charge on any atom is -0.480 e. The van der Waals surface area contributed by atoms with Crippen molar-refractivity contribution in [1.29, 1.82) is 0 Å². The summed E-state index contributed by atoms with van der Waals surface area (Å²) in [7, 11) is 0. The zero-order valence-corrected chi connectivity index (χ0v) is 5.50. The molecule has 1 unspecified atom stereocenters. The van der Waals surface area contributed by atoms with Crippen LogP contribution < -0.4 is 5.32 Å². The molecule has 1 heterocycles. The largest absolute Gasteiger partial charge is 0.480 e. The molecule has 0 spiro atoms. The zero-order valence-electron chi connectivity index (χ0n) is 8.50. The van der Waals surface area contributed by atoms with Crippen molar-refractivity contribution in [2.24, 2.45) is 0 Å². The van der Waals surface area contributed by atoms with E-state index < -0.39 is 19.0 Å². The number of carboxylic acid groups (broad SMARTS) is 1. The molecule has 0 radical (unpaired) electrons. The number of aliphatic carboxylic acids is 1. The summed E-state index contributed by atoms with van der Waals surface area (Å²) in [6.07, 6.45) is 0. The molecule has 0 aromatic rings. The fraction of sp³-hybridized carbons (Fsp3) is 0.833. The van der Waals surface area contributed by atoms with E-state index in [0.29, 0.717) is 13.1 Å². The van der Waals surface area contributed by atoms with Gasteiger partial charge in [-0.05, 0) is 0 Å². The molecule has 1 aliphatic heterocycles. The number of nitrogens with one attached hydrogen (secondary N) is 1. The second-order valence-electron chi connectivity index (χ2n) is 2.04. The number of rotatable bonds is 2. The van der Waals surface area contributed by atoms with Crippen molar-refractivity contribution in [3.63, 3.8) is 0 Å². The van der Waals surface area contributed by atoms with Gasteiger partial charge >= 0.3 is 5.97 Å². The summed E-state index contributed by atoms with van der Waals surface area (Å²) in [5.74, 6) is -1.07. The number of nitrogens with zero attached hydrogens (tertiary/aromatic N) is 1.